The maximum absolute atomic E-state index is 12.9. The number of carbonyl (C=O) groups is 3. The number of rotatable bonds is 54. The maximum Gasteiger partial charge on any atom is 0.255 e. The van der Waals surface area contributed by atoms with E-state index in [1.807, 2.05) is 0 Å². The van der Waals surface area contributed by atoms with Crippen LogP contribution in [0, 0.1) is 0 Å². The molecule has 0 aliphatic heterocycles. The minimum Gasteiger partial charge on any atom is -0.392 e. The molecule has 11 heteroatoms. The summed E-state index contributed by atoms with van der Waals surface area (Å²) in [4.78, 5) is 42.9. The molecule has 0 aliphatic rings. The van der Waals surface area contributed by atoms with E-state index in [0.29, 0.717) is 50.8 Å². The molecule has 68 heavy (non-hydrogen) atoms. The Morgan fingerprint density at radius 2 is 0.603 bits per heavy atom. The Morgan fingerprint density at radius 1 is 0.353 bits per heavy atom. The first-order valence-corrected chi connectivity index (χ1v) is 31.1. The molecule has 0 saturated heterocycles. The van der Waals surface area contributed by atoms with Gasteiger partial charge in [-0.3, -0.25) is 24.2 Å². The number of nitrogens with zero attached hydrogens (tertiary/aromatic N) is 2. The Balaban J connectivity index is 4.96. The van der Waals surface area contributed by atoms with Crippen molar-refractivity contribution in [2.24, 2.45) is 0 Å². The third kappa shape index (κ3) is 46.5. The number of aliphatic hydroxyl groups is 4. The second-order valence-corrected chi connectivity index (χ2v) is 22.7. The van der Waals surface area contributed by atoms with Gasteiger partial charge in [0, 0.05) is 63.6 Å². The molecule has 0 rings (SSSR count). The smallest absolute Gasteiger partial charge is 0.255 e. The second-order valence-electron chi connectivity index (χ2n) is 20.5. The number of hydrogen-bond acceptors (Lipinski definition) is 11. The van der Waals surface area contributed by atoms with Crippen LogP contribution >= 0.6 is 23.5 Å². The van der Waals surface area contributed by atoms with Crippen molar-refractivity contribution in [1.29, 1.82) is 0 Å². The predicted molar refractivity (Wildman–Crippen MR) is 295 cm³/mol. The lowest BCUT2D eigenvalue weighted by Gasteiger charge is -2.27. The van der Waals surface area contributed by atoms with Gasteiger partial charge in [-0.1, -0.05) is 257 Å². The van der Waals surface area contributed by atoms with Crippen LogP contribution in [0.3, 0.4) is 0 Å². The summed E-state index contributed by atoms with van der Waals surface area (Å²) >= 11 is 2.14. The maximum atomic E-state index is 12.9. The van der Waals surface area contributed by atoms with E-state index in [0.717, 1.165) is 88.8 Å². The number of Topliss-reactive ketones (excluding diaryl/α,β-unsaturated/α-hetero) is 1. The molecule has 4 atom stereocenters. The zero-order chi connectivity index (χ0) is 50.1. The highest BCUT2D eigenvalue weighted by atomic mass is 32.2. The minimum atomic E-state index is -0.547. The average molecular weight is 1000 g/mol. The van der Waals surface area contributed by atoms with Crippen LogP contribution in [0.4, 0.5) is 0 Å². The molecule has 0 amide bonds. The first kappa shape index (κ1) is 67.5. The molecule has 4 unspecified atom stereocenters. The quantitative estimate of drug-likeness (QED) is 0.0342. The lowest BCUT2D eigenvalue weighted by Crippen LogP contribution is -2.39. The highest BCUT2D eigenvalue weighted by Crippen LogP contribution is 2.18. The van der Waals surface area contributed by atoms with Crippen LogP contribution in [0.15, 0.2) is 0 Å². The molecule has 0 aliphatic carbocycles. The van der Waals surface area contributed by atoms with Gasteiger partial charge in [-0.25, -0.2) is 0 Å². The Hall–Kier alpha value is -0.530. The molecular formula is C57H112N2O7S2. The van der Waals surface area contributed by atoms with Crippen LogP contribution in [0.1, 0.15) is 272 Å². The zero-order valence-electron chi connectivity index (χ0n) is 45.1. The van der Waals surface area contributed by atoms with Crippen LogP contribution in [-0.2, 0) is 14.4 Å². The summed E-state index contributed by atoms with van der Waals surface area (Å²) in [5.74, 6) is 0.333. The number of thioether (sulfide) groups is 2. The van der Waals surface area contributed by atoms with E-state index in [1.165, 1.54) is 166 Å². The molecule has 0 aromatic carbocycles. The summed E-state index contributed by atoms with van der Waals surface area (Å²) in [6.07, 6.45) is 39.7. The zero-order valence-corrected chi connectivity index (χ0v) is 46.7. The van der Waals surface area contributed by atoms with Crippen molar-refractivity contribution < 1.29 is 34.8 Å². The fourth-order valence-corrected chi connectivity index (χ4v) is 10.8. The monoisotopic (exact) mass is 1000 g/mol. The Bertz CT molecular complexity index is 1060. The van der Waals surface area contributed by atoms with Crippen LogP contribution in [0.25, 0.3) is 0 Å². The van der Waals surface area contributed by atoms with E-state index < -0.39 is 35.3 Å². The van der Waals surface area contributed by atoms with Gasteiger partial charge in [-0.2, -0.15) is 0 Å². The largest absolute Gasteiger partial charge is 0.392 e. The predicted octanol–water partition coefficient (Wildman–Crippen LogP) is 14.0. The van der Waals surface area contributed by atoms with E-state index in [2.05, 4.69) is 37.5 Å². The standard InChI is InChI=1S/C57H112N2O7S2/c1-5-9-13-17-21-25-29-33-37-51(60)47-58(48-52(61)38-34-30-26-22-18-14-10-6-2)43-45-67-56(65)42-41-55(64)57(66)68-46-44-59(49-53(62)39-35-31-27-23-19-15-11-7-3)50-54(63)40-36-32-28-24-20-16-12-8-4/h51-54,60-63H,5-50H2,1-4H3. The third-order valence-corrected chi connectivity index (χ3v) is 15.3. The summed E-state index contributed by atoms with van der Waals surface area (Å²) in [6, 6.07) is 0. The second kappa shape index (κ2) is 51.4. The van der Waals surface area contributed by atoms with Gasteiger partial charge in [-0.05, 0) is 25.7 Å². The van der Waals surface area contributed by atoms with Crippen molar-refractivity contribution in [2.45, 2.75) is 296 Å². The molecule has 0 bridgehead atoms. The van der Waals surface area contributed by atoms with Gasteiger partial charge >= 0.3 is 0 Å². The number of ketones is 1. The van der Waals surface area contributed by atoms with Crippen LogP contribution in [0.5, 0.6) is 0 Å². The van der Waals surface area contributed by atoms with E-state index >= 15 is 0 Å². The summed E-state index contributed by atoms with van der Waals surface area (Å²) in [5, 5.41) is 43.2. The molecule has 0 fully saturated rings. The van der Waals surface area contributed by atoms with E-state index in [1.54, 1.807) is 0 Å². The highest BCUT2D eigenvalue weighted by molar-refractivity contribution is 8.15. The number of unbranched alkanes of at least 4 members (excludes halogenated alkanes) is 28. The van der Waals surface area contributed by atoms with Gasteiger partial charge in [0.1, 0.15) is 0 Å². The third-order valence-electron chi connectivity index (χ3n) is 13.5. The van der Waals surface area contributed by atoms with Crippen LogP contribution in [0.2, 0.25) is 0 Å². The molecule has 0 aromatic heterocycles. The van der Waals surface area contributed by atoms with Crippen LogP contribution < -0.4 is 0 Å². The number of aliphatic hydroxyl groups excluding tert-OH is 4. The van der Waals surface area contributed by atoms with E-state index in [9.17, 15) is 34.8 Å². The van der Waals surface area contributed by atoms with Gasteiger partial charge in [-0.15, -0.1) is 0 Å². The fourth-order valence-electron chi connectivity index (χ4n) is 9.15. The molecule has 9 nitrogen and oxygen atoms in total. The highest BCUT2D eigenvalue weighted by Gasteiger charge is 2.21. The topological polar surface area (TPSA) is 139 Å². The van der Waals surface area contributed by atoms with Gasteiger partial charge in [0.2, 0.25) is 5.78 Å². The summed E-state index contributed by atoms with van der Waals surface area (Å²) in [6.45, 7) is 11.8. The fraction of sp³-hybridized carbons (Fsp3) is 0.947. The van der Waals surface area contributed by atoms with E-state index in [4.69, 9.17) is 0 Å². The first-order valence-electron chi connectivity index (χ1n) is 29.1. The van der Waals surface area contributed by atoms with Crippen molar-refractivity contribution in [3.05, 3.63) is 0 Å². The summed E-state index contributed by atoms with van der Waals surface area (Å²) in [5.41, 5.74) is 0. The van der Waals surface area contributed by atoms with Crippen molar-refractivity contribution >= 4 is 39.5 Å². The van der Waals surface area contributed by atoms with Crippen molar-refractivity contribution in [1.82, 2.24) is 9.80 Å². The molecule has 0 saturated carbocycles. The lowest BCUT2D eigenvalue weighted by molar-refractivity contribution is -0.132. The van der Waals surface area contributed by atoms with Crippen LogP contribution in [-0.4, -0.2) is 121 Å². The number of hydrogen-bond donors (Lipinski definition) is 4. The van der Waals surface area contributed by atoms with Gasteiger partial charge in [0.15, 0.2) is 5.12 Å². The first-order chi connectivity index (χ1) is 33.1. The van der Waals surface area contributed by atoms with E-state index in [-0.39, 0.29) is 18.0 Å². The summed E-state index contributed by atoms with van der Waals surface area (Å²) < 4.78 is 0. The minimum absolute atomic E-state index is 0.0000708. The molecule has 4 N–H and O–H groups in total. The molecular weight excluding hydrogens is 889 g/mol. The van der Waals surface area contributed by atoms with Crippen molar-refractivity contribution in [3.8, 4) is 0 Å². The molecule has 0 radical (unpaired) electrons. The molecule has 0 spiro atoms. The van der Waals surface area contributed by atoms with Crippen molar-refractivity contribution in [3.63, 3.8) is 0 Å². The summed E-state index contributed by atoms with van der Waals surface area (Å²) in [7, 11) is 0. The molecule has 0 heterocycles. The van der Waals surface area contributed by atoms with Gasteiger partial charge < -0.3 is 20.4 Å². The van der Waals surface area contributed by atoms with Crippen molar-refractivity contribution in [2.75, 3.05) is 50.8 Å². The van der Waals surface area contributed by atoms with Gasteiger partial charge in [0.25, 0.3) is 5.12 Å². The Kier molecular flexibility index (Phi) is 51.0. The Labute approximate surface area is 429 Å². The average Bonchev–Trinajstić information content (AvgIpc) is 3.31. The normalized spacial score (nSPS) is 13.7. The Morgan fingerprint density at radius 3 is 0.882 bits per heavy atom. The van der Waals surface area contributed by atoms with Gasteiger partial charge in [0.05, 0.1) is 24.4 Å². The number of carbonyl (C=O) groups excluding carboxylic acids is 3. The SMILES string of the molecule is CCCCCCCCCCC(O)CN(CCSC(=O)CCC(=O)C(=O)SCCN(CC(O)CCCCCCCCCC)CC(O)CCCCCCCCCC)CC(O)CCCCCCCCCC. The molecule has 0 aromatic rings. The molecule has 404 valence electrons. The lowest BCUT2D eigenvalue weighted by atomic mass is 10.0.